The molecule has 25 heavy (non-hydrogen) atoms. The number of anilines is 1. The first-order valence-electron chi connectivity index (χ1n) is 7.72. The maximum absolute atomic E-state index is 12.3. The Labute approximate surface area is 148 Å². The van der Waals surface area contributed by atoms with E-state index in [0.717, 1.165) is 21.7 Å². The zero-order chi connectivity index (χ0) is 17.1. The molecular formula is C19H14N4OS. The van der Waals surface area contributed by atoms with Gasteiger partial charge in [-0.15, -0.1) is 11.3 Å². The Morgan fingerprint density at radius 1 is 1.00 bits per heavy atom. The molecule has 0 aliphatic heterocycles. The summed E-state index contributed by atoms with van der Waals surface area (Å²) in [4.78, 5) is 17.7. The summed E-state index contributed by atoms with van der Waals surface area (Å²) < 4.78 is 0. The number of H-pyrrole nitrogens is 1. The van der Waals surface area contributed by atoms with Crippen molar-refractivity contribution in [2.75, 3.05) is 5.32 Å². The standard InChI is InChI=1S/C19H14N4OS/c24-19(16-11-15(22-23-16)17-7-4-10-25-17)21-18-9-8-14(12-20-18)13-5-2-1-3-6-13/h1-12H,(H,22,23)(H,20,21,24). The fourth-order valence-corrected chi connectivity index (χ4v) is 3.14. The summed E-state index contributed by atoms with van der Waals surface area (Å²) in [5.41, 5.74) is 3.24. The summed E-state index contributed by atoms with van der Waals surface area (Å²) in [6.07, 6.45) is 1.74. The monoisotopic (exact) mass is 346 g/mol. The molecule has 0 bridgehead atoms. The molecule has 0 aliphatic rings. The lowest BCUT2D eigenvalue weighted by Gasteiger charge is -2.04. The van der Waals surface area contributed by atoms with E-state index < -0.39 is 0 Å². The number of hydrogen-bond donors (Lipinski definition) is 2. The number of aromatic nitrogens is 3. The Balaban J connectivity index is 1.48. The Morgan fingerprint density at radius 3 is 2.60 bits per heavy atom. The van der Waals surface area contributed by atoms with Gasteiger partial charge >= 0.3 is 0 Å². The SMILES string of the molecule is O=C(Nc1ccc(-c2ccccc2)cn1)c1cc(-c2cccs2)[nH]n1. The number of carbonyl (C=O) groups is 1. The second kappa shape index (κ2) is 6.70. The minimum absolute atomic E-state index is 0.293. The molecule has 6 heteroatoms. The smallest absolute Gasteiger partial charge is 0.277 e. The van der Waals surface area contributed by atoms with Crippen molar-refractivity contribution in [1.29, 1.82) is 0 Å². The number of amides is 1. The lowest BCUT2D eigenvalue weighted by Crippen LogP contribution is -2.13. The lowest BCUT2D eigenvalue weighted by molar-refractivity contribution is 0.102. The van der Waals surface area contributed by atoms with E-state index in [1.807, 2.05) is 53.9 Å². The average molecular weight is 346 g/mol. The molecule has 122 valence electrons. The van der Waals surface area contributed by atoms with Crippen LogP contribution in [0.5, 0.6) is 0 Å². The summed E-state index contributed by atoms with van der Waals surface area (Å²) in [7, 11) is 0. The van der Waals surface area contributed by atoms with Gasteiger partial charge in [0.25, 0.3) is 5.91 Å². The highest BCUT2D eigenvalue weighted by Crippen LogP contribution is 2.23. The molecular weight excluding hydrogens is 332 g/mol. The first-order chi connectivity index (χ1) is 12.3. The number of pyridine rings is 1. The van der Waals surface area contributed by atoms with Gasteiger partial charge < -0.3 is 5.32 Å². The van der Waals surface area contributed by atoms with Gasteiger partial charge in [0, 0.05) is 11.8 Å². The Hall–Kier alpha value is -3.25. The summed E-state index contributed by atoms with van der Waals surface area (Å²) >= 11 is 1.59. The van der Waals surface area contributed by atoms with Crippen molar-refractivity contribution in [3.8, 4) is 21.7 Å². The number of carbonyl (C=O) groups excluding carboxylic acids is 1. The van der Waals surface area contributed by atoms with E-state index in [-0.39, 0.29) is 5.91 Å². The molecule has 5 nitrogen and oxygen atoms in total. The van der Waals surface area contributed by atoms with E-state index in [1.165, 1.54) is 0 Å². The largest absolute Gasteiger partial charge is 0.305 e. The van der Waals surface area contributed by atoms with Crippen LogP contribution in [0.2, 0.25) is 0 Å². The third kappa shape index (κ3) is 3.34. The van der Waals surface area contributed by atoms with Crippen LogP contribution in [0.25, 0.3) is 21.7 Å². The van der Waals surface area contributed by atoms with Gasteiger partial charge in [0.2, 0.25) is 0 Å². The first kappa shape index (κ1) is 15.3. The van der Waals surface area contributed by atoms with E-state index in [4.69, 9.17) is 0 Å². The van der Waals surface area contributed by atoms with Crippen molar-refractivity contribution in [3.05, 3.63) is 77.9 Å². The molecule has 0 spiro atoms. The predicted molar refractivity (Wildman–Crippen MR) is 99.5 cm³/mol. The minimum atomic E-state index is -0.293. The number of aromatic amines is 1. The third-order valence-electron chi connectivity index (χ3n) is 3.71. The van der Waals surface area contributed by atoms with Gasteiger partial charge in [-0.3, -0.25) is 9.89 Å². The van der Waals surface area contributed by atoms with Gasteiger partial charge in [0.1, 0.15) is 5.82 Å². The summed E-state index contributed by atoms with van der Waals surface area (Å²) in [5, 5.41) is 11.7. The normalized spacial score (nSPS) is 10.6. The number of rotatable bonds is 4. The van der Waals surface area contributed by atoms with E-state index >= 15 is 0 Å². The third-order valence-corrected chi connectivity index (χ3v) is 4.61. The lowest BCUT2D eigenvalue weighted by atomic mass is 10.1. The summed E-state index contributed by atoms with van der Waals surface area (Å²) in [6, 6.07) is 19.4. The maximum Gasteiger partial charge on any atom is 0.277 e. The number of hydrogen-bond acceptors (Lipinski definition) is 4. The van der Waals surface area contributed by atoms with Crippen LogP contribution in [0.4, 0.5) is 5.82 Å². The average Bonchev–Trinajstić information content (AvgIpc) is 3.35. The maximum atomic E-state index is 12.3. The zero-order valence-corrected chi connectivity index (χ0v) is 14.0. The second-order valence-corrected chi connectivity index (χ2v) is 6.34. The van der Waals surface area contributed by atoms with Crippen LogP contribution in [0.15, 0.2) is 72.2 Å². The molecule has 0 unspecified atom stereocenters. The van der Waals surface area contributed by atoms with Crippen LogP contribution in [0.1, 0.15) is 10.5 Å². The molecule has 0 saturated carbocycles. The van der Waals surface area contributed by atoms with Gasteiger partial charge in [0.15, 0.2) is 5.69 Å². The van der Waals surface area contributed by atoms with E-state index in [2.05, 4.69) is 20.5 Å². The molecule has 0 atom stereocenters. The Bertz CT molecular complexity index is 976. The van der Waals surface area contributed by atoms with Gasteiger partial charge in [-0.25, -0.2) is 4.98 Å². The highest BCUT2D eigenvalue weighted by atomic mass is 32.1. The number of thiophene rings is 1. The molecule has 3 aromatic heterocycles. The summed E-state index contributed by atoms with van der Waals surface area (Å²) in [6.45, 7) is 0. The van der Waals surface area contributed by atoms with Gasteiger partial charge in [0.05, 0.1) is 10.6 Å². The van der Waals surface area contributed by atoms with Crippen molar-refractivity contribution < 1.29 is 4.79 Å². The molecule has 0 aliphatic carbocycles. The predicted octanol–water partition coefficient (Wildman–Crippen LogP) is 4.45. The van der Waals surface area contributed by atoms with Crippen LogP contribution in [-0.2, 0) is 0 Å². The number of nitrogens with zero attached hydrogens (tertiary/aromatic N) is 2. The van der Waals surface area contributed by atoms with Crippen LogP contribution in [0.3, 0.4) is 0 Å². The molecule has 0 saturated heterocycles. The highest BCUT2D eigenvalue weighted by molar-refractivity contribution is 7.13. The van der Waals surface area contributed by atoms with Crippen molar-refractivity contribution in [2.45, 2.75) is 0 Å². The highest BCUT2D eigenvalue weighted by Gasteiger charge is 2.12. The molecule has 1 amide bonds. The topological polar surface area (TPSA) is 70.7 Å². The fraction of sp³-hybridized carbons (Fsp3) is 0. The molecule has 1 aromatic carbocycles. The van der Waals surface area contributed by atoms with Crippen LogP contribution in [-0.4, -0.2) is 21.1 Å². The zero-order valence-electron chi connectivity index (χ0n) is 13.1. The van der Waals surface area contributed by atoms with E-state index in [1.54, 1.807) is 29.7 Å². The molecule has 2 N–H and O–H groups in total. The molecule has 3 heterocycles. The fourth-order valence-electron chi connectivity index (χ4n) is 2.45. The number of nitrogens with one attached hydrogen (secondary N) is 2. The second-order valence-electron chi connectivity index (χ2n) is 5.40. The Morgan fingerprint density at radius 2 is 1.88 bits per heavy atom. The van der Waals surface area contributed by atoms with Gasteiger partial charge in [-0.05, 0) is 35.2 Å². The van der Waals surface area contributed by atoms with Crippen LogP contribution < -0.4 is 5.32 Å². The summed E-state index contributed by atoms with van der Waals surface area (Å²) in [5.74, 6) is 0.198. The van der Waals surface area contributed by atoms with Gasteiger partial charge in [-0.1, -0.05) is 36.4 Å². The Kier molecular flexibility index (Phi) is 4.10. The minimum Gasteiger partial charge on any atom is -0.305 e. The quantitative estimate of drug-likeness (QED) is 0.573. The van der Waals surface area contributed by atoms with Crippen molar-refractivity contribution in [3.63, 3.8) is 0 Å². The van der Waals surface area contributed by atoms with Crippen LogP contribution >= 0.6 is 11.3 Å². The number of benzene rings is 1. The molecule has 0 fully saturated rings. The van der Waals surface area contributed by atoms with Crippen LogP contribution in [0, 0.1) is 0 Å². The molecule has 0 radical (unpaired) electrons. The van der Waals surface area contributed by atoms with Gasteiger partial charge in [-0.2, -0.15) is 5.10 Å². The van der Waals surface area contributed by atoms with Crippen molar-refractivity contribution in [2.24, 2.45) is 0 Å². The van der Waals surface area contributed by atoms with E-state index in [9.17, 15) is 4.79 Å². The van der Waals surface area contributed by atoms with Crippen molar-refractivity contribution in [1.82, 2.24) is 15.2 Å². The van der Waals surface area contributed by atoms with Crippen molar-refractivity contribution >= 4 is 23.1 Å². The molecule has 4 aromatic rings. The molecule has 4 rings (SSSR count). The van der Waals surface area contributed by atoms with E-state index in [0.29, 0.717) is 11.5 Å². The first-order valence-corrected chi connectivity index (χ1v) is 8.60.